The molecule has 2 N–H and O–H groups in total. The van der Waals surface area contributed by atoms with Gasteiger partial charge < -0.3 is 14.9 Å². The molecule has 0 heterocycles. The van der Waals surface area contributed by atoms with Gasteiger partial charge in [0.25, 0.3) is 6.47 Å². The minimum Gasteiger partial charge on any atom is -0.483 e. The normalized spacial score (nSPS) is 12.5. The first-order valence-electron chi connectivity index (χ1n) is 6.81. The van der Waals surface area contributed by atoms with Crippen molar-refractivity contribution < 1.29 is 24.5 Å². The van der Waals surface area contributed by atoms with Gasteiger partial charge in [-0.1, -0.05) is 38.5 Å². The highest BCUT2D eigenvalue weighted by Gasteiger charge is 1.95. The molecule has 5 heteroatoms. The Morgan fingerprint density at radius 3 is 1.42 bits per heavy atom. The predicted octanol–water partition coefficient (Wildman–Crippen LogP) is 3.00. The maximum absolute atomic E-state index is 9.82. The lowest BCUT2D eigenvalue weighted by Crippen LogP contribution is -1.95. The fourth-order valence-corrected chi connectivity index (χ4v) is 1.26. The number of carbonyl (C=O) groups excluding carboxylic acids is 1. The number of ether oxygens (including phenoxy) is 1. The van der Waals surface area contributed by atoms with E-state index < -0.39 is 0 Å². The highest BCUT2D eigenvalue weighted by atomic mass is 16.5. The van der Waals surface area contributed by atoms with E-state index in [-0.39, 0.29) is 18.5 Å². The second-order valence-electron chi connectivity index (χ2n) is 4.25. The van der Waals surface area contributed by atoms with Gasteiger partial charge in [0, 0.05) is 13.0 Å². The average Bonchev–Trinajstić information content (AvgIpc) is 2.32. The molecule has 0 unspecified atom stereocenters. The minimum absolute atomic E-state index is 0.167. The lowest BCUT2D eigenvalue weighted by molar-refractivity contribution is -0.140. The van der Waals surface area contributed by atoms with Crippen molar-refractivity contribution in [2.75, 3.05) is 6.61 Å². The zero-order valence-electron chi connectivity index (χ0n) is 12.7. The number of hydrogen-bond acceptors (Lipinski definition) is 4. The Hall–Kier alpha value is -1.10. The Labute approximate surface area is 117 Å². The molecule has 0 bridgehead atoms. The summed E-state index contributed by atoms with van der Waals surface area (Å²) in [7, 11) is 0. The van der Waals surface area contributed by atoms with Crippen LogP contribution in [0.5, 0.6) is 0 Å². The van der Waals surface area contributed by atoms with E-state index in [9.17, 15) is 4.79 Å². The highest BCUT2D eigenvalue weighted by Crippen LogP contribution is 2.15. The van der Waals surface area contributed by atoms with E-state index in [1.165, 1.54) is 45.4 Å². The molecule has 0 saturated heterocycles. The average molecular weight is 278 g/mol. The summed E-state index contributed by atoms with van der Waals surface area (Å²) in [4.78, 5) is 18.2. The lowest BCUT2D eigenvalue weighted by atomic mass is 10.0. The molecule has 1 rings (SSSR count). The molecule has 0 atom stereocenters. The molecule has 1 fully saturated rings. The molecule has 1 saturated carbocycles. The quantitative estimate of drug-likeness (QED) is 0.569. The maximum Gasteiger partial charge on any atom is 0.302 e. The topological polar surface area (TPSA) is 83.8 Å². The first-order chi connectivity index (χ1) is 8.92. The Kier molecular flexibility index (Phi) is 26.8. The second-order valence-corrected chi connectivity index (χ2v) is 4.25. The van der Waals surface area contributed by atoms with Gasteiger partial charge in [-0.25, -0.2) is 0 Å². The van der Waals surface area contributed by atoms with Gasteiger partial charge in [-0.05, 0) is 20.8 Å². The van der Waals surface area contributed by atoms with Crippen LogP contribution in [0.2, 0.25) is 0 Å². The van der Waals surface area contributed by atoms with Crippen LogP contribution in [0.4, 0.5) is 0 Å². The largest absolute Gasteiger partial charge is 0.483 e. The monoisotopic (exact) mass is 278 g/mol. The SMILES string of the molecule is C1CCCCC1.CC(C)O.CCOC(C)=O.O=CO. The summed E-state index contributed by atoms with van der Waals surface area (Å²) in [5.41, 5.74) is 0. The van der Waals surface area contributed by atoms with Crippen molar-refractivity contribution >= 4 is 12.4 Å². The van der Waals surface area contributed by atoms with Gasteiger partial charge in [0.1, 0.15) is 0 Å². The van der Waals surface area contributed by atoms with Crippen LogP contribution in [-0.4, -0.2) is 35.4 Å². The summed E-state index contributed by atoms with van der Waals surface area (Å²) in [5, 5.41) is 14.9. The standard InChI is InChI=1S/C6H12.C4H8O2.C3H8O.CH2O2/c1-2-4-6-5-3-1;1-3-6-4(2)5;1-3(2)4;2-1-3/h1-6H2;3H2,1-2H3;3-4H,1-2H3;1H,(H,2,3). The molecule has 0 aromatic carbocycles. The number of aliphatic hydroxyl groups excluding tert-OH is 1. The number of rotatable bonds is 1. The van der Waals surface area contributed by atoms with Gasteiger partial charge in [0.2, 0.25) is 0 Å². The van der Waals surface area contributed by atoms with Gasteiger partial charge in [0.15, 0.2) is 0 Å². The molecule has 19 heavy (non-hydrogen) atoms. The van der Waals surface area contributed by atoms with Crippen LogP contribution in [0.25, 0.3) is 0 Å². The summed E-state index contributed by atoms with van der Waals surface area (Å²) in [5.74, 6) is -0.211. The first-order valence-corrected chi connectivity index (χ1v) is 6.81. The van der Waals surface area contributed by atoms with E-state index in [1.54, 1.807) is 20.8 Å². The van der Waals surface area contributed by atoms with Crippen molar-refractivity contribution in [3.63, 3.8) is 0 Å². The van der Waals surface area contributed by atoms with E-state index in [1.807, 2.05) is 0 Å². The third-order valence-electron chi connectivity index (χ3n) is 1.85. The van der Waals surface area contributed by atoms with Crippen LogP contribution in [0.1, 0.15) is 66.2 Å². The molecule has 0 amide bonds. The Morgan fingerprint density at radius 1 is 1.16 bits per heavy atom. The van der Waals surface area contributed by atoms with Crippen molar-refractivity contribution in [1.82, 2.24) is 0 Å². The number of carbonyl (C=O) groups is 2. The fraction of sp³-hybridized carbons (Fsp3) is 0.857. The Morgan fingerprint density at radius 2 is 1.37 bits per heavy atom. The molecule has 0 radical (unpaired) electrons. The number of aliphatic hydroxyl groups is 1. The van der Waals surface area contributed by atoms with Gasteiger partial charge in [-0.2, -0.15) is 0 Å². The molecule has 0 aromatic rings. The summed E-state index contributed by atoms with van der Waals surface area (Å²) < 4.78 is 4.40. The van der Waals surface area contributed by atoms with Gasteiger partial charge >= 0.3 is 5.97 Å². The van der Waals surface area contributed by atoms with Crippen LogP contribution >= 0.6 is 0 Å². The molecule has 0 aromatic heterocycles. The van der Waals surface area contributed by atoms with Crippen LogP contribution in [0.3, 0.4) is 0 Å². The van der Waals surface area contributed by atoms with Crippen molar-refractivity contribution in [3.8, 4) is 0 Å². The summed E-state index contributed by atoms with van der Waals surface area (Å²) in [6, 6.07) is 0. The van der Waals surface area contributed by atoms with E-state index in [0.29, 0.717) is 6.61 Å². The molecule has 5 nitrogen and oxygen atoms in total. The van der Waals surface area contributed by atoms with Crippen LogP contribution in [0, 0.1) is 0 Å². The summed E-state index contributed by atoms with van der Waals surface area (Å²) >= 11 is 0. The van der Waals surface area contributed by atoms with Crippen LogP contribution < -0.4 is 0 Å². The molecule has 0 spiro atoms. The fourth-order valence-electron chi connectivity index (χ4n) is 1.26. The molecule has 116 valence electrons. The maximum atomic E-state index is 9.82. The summed E-state index contributed by atoms with van der Waals surface area (Å²) in [6.45, 7) is 6.85. The van der Waals surface area contributed by atoms with E-state index in [2.05, 4.69) is 4.74 Å². The van der Waals surface area contributed by atoms with E-state index >= 15 is 0 Å². The smallest absolute Gasteiger partial charge is 0.302 e. The van der Waals surface area contributed by atoms with E-state index in [4.69, 9.17) is 15.0 Å². The second kappa shape index (κ2) is 22.1. The zero-order valence-corrected chi connectivity index (χ0v) is 12.7. The minimum atomic E-state index is -0.250. The molecular weight excluding hydrogens is 248 g/mol. The zero-order chi connectivity index (χ0) is 15.5. The van der Waals surface area contributed by atoms with E-state index in [0.717, 1.165) is 0 Å². The molecule has 1 aliphatic carbocycles. The molecule has 0 aliphatic heterocycles. The van der Waals surface area contributed by atoms with Gasteiger partial charge in [-0.3, -0.25) is 9.59 Å². The van der Waals surface area contributed by atoms with Crippen molar-refractivity contribution in [3.05, 3.63) is 0 Å². The van der Waals surface area contributed by atoms with Crippen LogP contribution in [0.15, 0.2) is 0 Å². The van der Waals surface area contributed by atoms with Gasteiger partial charge in [0.05, 0.1) is 6.61 Å². The first kappa shape index (κ1) is 23.0. The number of carboxylic acid groups (broad SMARTS) is 1. The predicted molar refractivity (Wildman–Crippen MR) is 76.1 cm³/mol. The molecule has 1 aliphatic rings. The van der Waals surface area contributed by atoms with Crippen molar-refractivity contribution in [2.45, 2.75) is 72.3 Å². The summed E-state index contributed by atoms with van der Waals surface area (Å²) in [6.07, 6.45) is 8.83. The third-order valence-corrected chi connectivity index (χ3v) is 1.85. The van der Waals surface area contributed by atoms with Crippen molar-refractivity contribution in [2.24, 2.45) is 0 Å². The third kappa shape index (κ3) is 60.1. The Balaban J connectivity index is -0.000000187. The van der Waals surface area contributed by atoms with Crippen molar-refractivity contribution in [1.29, 1.82) is 0 Å². The number of esters is 1. The number of hydrogen-bond donors (Lipinski definition) is 2. The highest BCUT2D eigenvalue weighted by molar-refractivity contribution is 5.65. The van der Waals surface area contributed by atoms with Gasteiger partial charge in [-0.15, -0.1) is 0 Å². The Bertz CT molecular complexity index is 162. The lowest BCUT2D eigenvalue weighted by Gasteiger charge is -2.05. The van der Waals surface area contributed by atoms with Crippen LogP contribution in [-0.2, 0) is 14.3 Å². The molecular formula is C14H30O5.